The first-order chi connectivity index (χ1) is 8.18. The summed E-state index contributed by atoms with van der Waals surface area (Å²) in [6.45, 7) is 5.88. The fraction of sp³-hybridized carbons (Fsp3) is 0.385. The predicted molar refractivity (Wildman–Crippen MR) is 74.8 cm³/mol. The zero-order valence-electron chi connectivity index (χ0n) is 10.7. The summed E-state index contributed by atoms with van der Waals surface area (Å²) < 4.78 is 28.1. The van der Waals surface area contributed by atoms with Crippen molar-refractivity contribution in [1.29, 1.82) is 0 Å². The van der Waals surface area contributed by atoms with Crippen LogP contribution in [-0.4, -0.2) is 15.0 Å². The summed E-state index contributed by atoms with van der Waals surface area (Å²) in [6.07, 6.45) is 1.48. The largest absolute Gasteiger partial charge is 0.290 e. The molecule has 100 valence electrons. The van der Waals surface area contributed by atoms with Gasteiger partial charge in [0.25, 0.3) is 10.1 Å². The lowest BCUT2D eigenvalue weighted by molar-refractivity contribution is 0.206. The molecule has 0 saturated carbocycles. The lowest BCUT2D eigenvalue weighted by Gasteiger charge is -2.16. The molecule has 0 amide bonds. The van der Waals surface area contributed by atoms with E-state index < -0.39 is 10.1 Å². The summed E-state index contributed by atoms with van der Waals surface area (Å²) in [4.78, 5) is 0. The Balaban J connectivity index is 2.68. The van der Waals surface area contributed by atoms with Gasteiger partial charge in [0.15, 0.2) is 0 Å². The van der Waals surface area contributed by atoms with Crippen molar-refractivity contribution in [3.05, 3.63) is 40.3 Å². The van der Waals surface area contributed by atoms with E-state index in [2.05, 4.69) is 0 Å². The molecule has 5 heteroatoms. The third-order valence-electron chi connectivity index (χ3n) is 1.95. The van der Waals surface area contributed by atoms with Crippen LogP contribution < -0.4 is 0 Å². The van der Waals surface area contributed by atoms with Gasteiger partial charge in [-0.25, -0.2) is 0 Å². The standard InChI is InChI=1S/C13H17ClO3S/c1-13(2,3)10-17-18(15,16)9-8-11-4-6-12(14)7-5-11/h4-9H,10H2,1-3H3/b9-8+. The Bertz CT molecular complexity index is 510. The highest BCUT2D eigenvalue weighted by molar-refractivity contribution is 7.89. The van der Waals surface area contributed by atoms with Crippen LogP contribution in [0.15, 0.2) is 29.7 Å². The van der Waals surface area contributed by atoms with E-state index in [1.807, 2.05) is 20.8 Å². The molecule has 1 aromatic rings. The molecule has 0 unspecified atom stereocenters. The van der Waals surface area contributed by atoms with Crippen LogP contribution >= 0.6 is 11.6 Å². The molecule has 3 nitrogen and oxygen atoms in total. The Morgan fingerprint density at radius 3 is 2.28 bits per heavy atom. The minimum absolute atomic E-state index is 0.153. The highest BCUT2D eigenvalue weighted by Gasteiger charge is 2.15. The quantitative estimate of drug-likeness (QED) is 0.793. The van der Waals surface area contributed by atoms with Gasteiger partial charge in [-0.15, -0.1) is 0 Å². The van der Waals surface area contributed by atoms with Gasteiger partial charge in [0.2, 0.25) is 0 Å². The number of benzene rings is 1. The van der Waals surface area contributed by atoms with Crippen LogP contribution in [0.3, 0.4) is 0 Å². The number of halogens is 1. The van der Waals surface area contributed by atoms with Gasteiger partial charge in [-0.1, -0.05) is 44.5 Å². The topological polar surface area (TPSA) is 43.4 Å². The fourth-order valence-electron chi connectivity index (χ4n) is 1.03. The van der Waals surface area contributed by atoms with Crippen molar-refractivity contribution >= 4 is 27.8 Å². The normalized spacial score (nSPS) is 13.1. The zero-order valence-corrected chi connectivity index (χ0v) is 12.3. The molecule has 0 heterocycles. The highest BCUT2D eigenvalue weighted by atomic mass is 35.5. The number of rotatable bonds is 4. The monoisotopic (exact) mass is 288 g/mol. The van der Waals surface area contributed by atoms with Crippen molar-refractivity contribution in [2.24, 2.45) is 5.41 Å². The van der Waals surface area contributed by atoms with Gasteiger partial charge in [-0.2, -0.15) is 8.42 Å². The molecule has 0 atom stereocenters. The lowest BCUT2D eigenvalue weighted by Crippen LogP contribution is -2.17. The minimum Gasteiger partial charge on any atom is -0.266 e. The van der Waals surface area contributed by atoms with Gasteiger partial charge in [0.05, 0.1) is 12.0 Å². The average Bonchev–Trinajstić information content (AvgIpc) is 2.25. The molecule has 18 heavy (non-hydrogen) atoms. The van der Waals surface area contributed by atoms with Crippen LogP contribution in [0.4, 0.5) is 0 Å². The first kappa shape index (κ1) is 15.2. The second-order valence-corrected chi connectivity index (χ2v) is 7.10. The number of hydrogen-bond acceptors (Lipinski definition) is 3. The summed E-state index contributed by atoms with van der Waals surface area (Å²) in [5.74, 6) is 0. The summed E-state index contributed by atoms with van der Waals surface area (Å²) in [5, 5.41) is 1.67. The molecule has 0 fully saturated rings. The van der Waals surface area contributed by atoms with Crippen molar-refractivity contribution in [2.75, 3.05) is 6.61 Å². The van der Waals surface area contributed by atoms with Crippen LogP contribution in [0.2, 0.25) is 5.02 Å². The van der Waals surface area contributed by atoms with Gasteiger partial charge >= 0.3 is 0 Å². The fourth-order valence-corrected chi connectivity index (χ4v) is 2.08. The zero-order chi connectivity index (χ0) is 13.8. The Morgan fingerprint density at radius 1 is 1.22 bits per heavy atom. The maximum absolute atomic E-state index is 11.6. The van der Waals surface area contributed by atoms with Crippen molar-refractivity contribution in [2.45, 2.75) is 20.8 Å². The molecule has 0 aliphatic rings. The Hall–Kier alpha value is -0.840. The lowest BCUT2D eigenvalue weighted by atomic mass is 9.99. The Morgan fingerprint density at radius 2 is 1.78 bits per heavy atom. The first-order valence-electron chi connectivity index (χ1n) is 5.51. The molecular formula is C13H17ClO3S. The third kappa shape index (κ3) is 6.19. The summed E-state index contributed by atoms with van der Waals surface area (Å²) in [5.41, 5.74) is 0.559. The van der Waals surface area contributed by atoms with Crippen LogP contribution in [0.25, 0.3) is 6.08 Å². The third-order valence-corrected chi connectivity index (χ3v) is 3.12. The van der Waals surface area contributed by atoms with Gasteiger partial charge < -0.3 is 0 Å². The van der Waals surface area contributed by atoms with Gasteiger partial charge in [-0.3, -0.25) is 4.18 Å². The average molecular weight is 289 g/mol. The summed E-state index contributed by atoms with van der Waals surface area (Å²) in [7, 11) is -3.64. The van der Waals surface area contributed by atoms with E-state index in [-0.39, 0.29) is 12.0 Å². The van der Waals surface area contributed by atoms with Crippen molar-refractivity contribution in [3.63, 3.8) is 0 Å². The Labute approximate surface area is 114 Å². The maximum Gasteiger partial charge on any atom is 0.290 e. The van der Waals surface area contributed by atoms with Gasteiger partial charge in [0.1, 0.15) is 0 Å². The molecule has 1 rings (SSSR count). The van der Waals surface area contributed by atoms with Gasteiger partial charge in [0, 0.05) is 5.02 Å². The van der Waals surface area contributed by atoms with Crippen LogP contribution in [0.5, 0.6) is 0 Å². The first-order valence-corrected chi connectivity index (χ1v) is 7.36. The molecule has 0 saturated heterocycles. The molecule has 0 bridgehead atoms. The summed E-state index contributed by atoms with van der Waals surface area (Å²) >= 11 is 5.73. The Kier molecular flexibility index (Phi) is 4.96. The molecule has 0 spiro atoms. The second kappa shape index (κ2) is 5.87. The second-order valence-electron chi connectivity index (χ2n) is 5.17. The van der Waals surface area contributed by atoms with E-state index in [0.29, 0.717) is 5.02 Å². The van der Waals surface area contributed by atoms with Crippen LogP contribution in [0, 0.1) is 5.41 Å². The minimum atomic E-state index is -3.64. The van der Waals surface area contributed by atoms with Crippen molar-refractivity contribution < 1.29 is 12.6 Å². The molecule has 0 aliphatic carbocycles. The molecule has 0 aromatic heterocycles. The number of hydrogen-bond donors (Lipinski definition) is 0. The van der Waals surface area contributed by atoms with E-state index in [0.717, 1.165) is 11.0 Å². The van der Waals surface area contributed by atoms with E-state index in [1.165, 1.54) is 6.08 Å². The van der Waals surface area contributed by atoms with E-state index >= 15 is 0 Å². The van der Waals surface area contributed by atoms with Crippen molar-refractivity contribution in [1.82, 2.24) is 0 Å². The predicted octanol–water partition coefficient (Wildman–Crippen LogP) is 3.70. The summed E-state index contributed by atoms with van der Waals surface area (Å²) in [6, 6.07) is 6.87. The highest BCUT2D eigenvalue weighted by Crippen LogP contribution is 2.16. The molecule has 0 radical (unpaired) electrons. The van der Waals surface area contributed by atoms with Gasteiger partial charge in [-0.05, 0) is 29.2 Å². The van der Waals surface area contributed by atoms with E-state index in [4.69, 9.17) is 15.8 Å². The molecule has 0 N–H and O–H groups in total. The SMILES string of the molecule is CC(C)(C)COS(=O)(=O)/C=C/c1ccc(Cl)cc1. The molecular weight excluding hydrogens is 272 g/mol. The van der Waals surface area contributed by atoms with E-state index in [9.17, 15) is 8.42 Å². The maximum atomic E-state index is 11.6. The van der Waals surface area contributed by atoms with E-state index in [1.54, 1.807) is 24.3 Å². The van der Waals surface area contributed by atoms with Crippen LogP contribution in [-0.2, 0) is 14.3 Å². The van der Waals surface area contributed by atoms with Crippen LogP contribution in [0.1, 0.15) is 26.3 Å². The molecule has 1 aromatic carbocycles. The molecule has 0 aliphatic heterocycles. The smallest absolute Gasteiger partial charge is 0.266 e. The van der Waals surface area contributed by atoms with Crippen molar-refractivity contribution in [3.8, 4) is 0 Å².